The number of ether oxygens (including phenoxy) is 1. The number of amides is 2. The number of morpholine rings is 1. The topological polar surface area (TPSA) is 93.5 Å². The summed E-state index contributed by atoms with van der Waals surface area (Å²) in [5, 5.41) is 6.11. The lowest BCUT2D eigenvalue weighted by atomic mass is 9.82. The monoisotopic (exact) mass is 319 g/mol. The summed E-state index contributed by atoms with van der Waals surface area (Å²) in [5.74, 6) is -0.130. The second kappa shape index (κ2) is 9.23. The van der Waals surface area contributed by atoms with Crippen LogP contribution in [-0.2, 0) is 14.3 Å². The third-order valence-electron chi connectivity index (χ3n) is 4.19. The van der Waals surface area contributed by atoms with E-state index < -0.39 is 6.10 Å². The molecule has 6 nitrogen and oxygen atoms in total. The molecule has 0 radical (unpaired) electrons. The predicted molar refractivity (Wildman–Crippen MR) is 82.2 cm³/mol. The maximum atomic E-state index is 12.2. The van der Waals surface area contributed by atoms with Gasteiger partial charge in [0.2, 0.25) is 5.91 Å². The first kappa shape index (κ1) is 18.2. The van der Waals surface area contributed by atoms with E-state index in [4.69, 9.17) is 10.5 Å². The highest BCUT2D eigenvalue weighted by Gasteiger charge is 2.30. The van der Waals surface area contributed by atoms with Crippen LogP contribution in [-0.4, -0.2) is 43.7 Å². The molecule has 1 saturated heterocycles. The summed E-state index contributed by atoms with van der Waals surface area (Å²) in [4.78, 5) is 23.4. The van der Waals surface area contributed by atoms with Gasteiger partial charge in [-0.1, -0.05) is 19.3 Å². The number of nitrogens with two attached hydrogens (primary N) is 1. The van der Waals surface area contributed by atoms with Crippen molar-refractivity contribution in [3.8, 4) is 0 Å². The van der Waals surface area contributed by atoms with Crippen LogP contribution in [0.3, 0.4) is 0 Å². The van der Waals surface area contributed by atoms with Crippen LogP contribution in [0, 0.1) is 5.92 Å². The quantitative estimate of drug-likeness (QED) is 0.681. The number of primary amides is 1. The summed E-state index contributed by atoms with van der Waals surface area (Å²) in [6.07, 6.45) is 5.45. The van der Waals surface area contributed by atoms with Crippen molar-refractivity contribution in [1.82, 2.24) is 10.6 Å². The lowest BCUT2D eigenvalue weighted by Crippen LogP contribution is -2.52. The number of hydrogen-bond acceptors (Lipinski definition) is 4. The zero-order chi connectivity index (χ0) is 14.4. The van der Waals surface area contributed by atoms with Gasteiger partial charge in [-0.15, -0.1) is 12.4 Å². The fourth-order valence-electron chi connectivity index (χ4n) is 3.10. The van der Waals surface area contributed by atoms with Gasteiger partial charge in [0.15, 0.2) is 0 Å². The van der Waals surface area contributed by atoms with Gasteiger partial charge in [-0.2, -0.15) is 0 Å². The Kier molecular flexibility index (Phi) is 8.00. The van der Waals surface area contributed by atoms with Crippen molar-refractivity contribution >= 4 is 24.2 Å². The number of halogens is 1. The summed E-state index contributed by atoms with van der Waals surface area (Å²) in [5.41, 5.74) is 5.32. The summed E-state index contributed by atoms with van der Waals surface area (Å²) < 4.78 is 5.44. The molecule has 2 amide bonds. The number of carbonyl (C=O) groups is 2. The Balaban J connectivity index is 0.00000220. The van der Waals surface area contributed by atoms with Gasteiger partial charge in [0.25, 0.3) is 5.91 Å². The molecular formula is C14H26ClN3O3. The molecule has 2 fully saturated rings. The van der Waals surface area contributed by atoms with Crippen LogP contribution in [0.2, 0.25) is 0 Å². The summed E-state index contributed by atoms with van der Waals surface area (Å²) in [6.45, 7) is 1.85. The van der Waals surface area contributed by atoms with Gasteiger partial charge in [0, 0.05) is 25.6 Å². The minimum absolute atomic E-state index is 0. The summed E-state index contributed by atoms with van der Waals surface area (Å²) in [7, 11) is 0. The van der Waals surface area contributed by atoms with Gasteiger partial charge in [-0.05, 0) is 18.8 Å². The second-order valence-corrected chi connectivity index (χ2v) is 5.75. The molecule has 122 valence electrons. The van der Waals surface area contributed by atoms with E-state index in [0.717, 1.165) is 32.2 Å². The van der Waals surface area contributed by atoms with Crippen molar-refractivity contribution in [3.63, 3.8) is 0 Å². The third-order valence-corrected chi connectivity index (χ3v) is 4.19. The van der Waals surface area contributed by atoms with Crippen molar-refractivity contribution in [2.75, 3.05) is 19.7 Å². The molecule has 1 aliphatic carbocycles. The zero-order valence-electron chi connectivity index (χ0n) is 12.3. The van der Waals surface area contributed by atoms with Gasteiger partial charge >= 0.3 is 0 Å². The van der Waals surface area contributed by atoms with Gasteiger partial charge in [0.1, 0.15) is 6.10 Å². The Labute approximate surface area is 132 Å². The number of hydrogen-bond donors (Lipinski definition) is 3. The maximum Gasteiger partial charge on any atom is 0.250 e. The van der Waals surface area contributed by atoms with Crippen LogP contribution in [0.15, 0.2) is 0 Å². The van der Waals surface area contributed by atoms with Gasteiger partial charge in [0.05, 0.1) is 6.61 Å². The van der Waals surface area contributed by atoms with Crippen molar-refractivity contribution in [2.45, 2.75) is 50.7 Å². The molecule has 0 aromatic carbocycles. The van der Waals surface area contributed by atoms with Crippen LogP contribution < -0.4 is 16.4 Å². The Morgan fingerprint density at radius 1 is 1.29 bits per heavy atom. The summed E-state index contributed by atoms with van der Waals surface area (Å²) in [6, 6.07) is -0.147. The molecule has 1 heterocycles. The van der Waals surface area contributed by atoms with E-state index in [1.807, 2.05) is 0 Å². The van der Waals surface area contributed by atoms with Gasteiger partial charge in [-0.3, -0.25) is 9.59 Å². The van der Waals surface area contributed by atoms with E-state index in [2.05, 4.69) is 10.6 Å². The van der Waals surface area contributed by atoms with Crippen LogP contribution in [0.1, 0.15) is 38.5 Å². The fraction of sp³-hybridized carbons (Fsp3) is 0.857. The molecule has 2 rings (SSSR count). The zero-order valence-corrected chi connectivity index (χ0v) is 13.1. The van der Waals surface area contributed by atoms with E-state index in [1.165, 1.54) is 6.42 Å². The van der Waals surface area contributed by atoms with Crippen molar-refractivity contribution in [1.29, 1.82) is 0 Å². The molecule has 2 atom stereocenters. The largest absolute Gasteiger partial charge is 0.370 e. The van der Waals surface area contributed by atoms with Crippen molar-refractivity contribution < 1.29 is 14.3 Å². The van der Waals surface area contributed by atoms with E-state index in [0.29, 0.717) is 19.1 Å². The molecule has 4 N–H and O–H groups in total. The smallest absolute Gasteiger partial charge is 0.250 e. The van der Waals surface area contributed by atoms with E-state index in [-0.39, 0.29) is 36.7 Å². The van der Waals surface area contributed by atoms with Gasteiger partial charge in [-0.25, -0.2) is 0 Å². The standard InChI is InChI=1S/C14H25N3O3.ClH/c15-13(18)8-11(10-4-2-1-3-5-10)17-14(19)12-9-16-6-7-20-12;/h10-12,16H,1-9H2,(H2,15,18)(H,17,19);1H. The highest BCUT2D eigenvalue weighted by atomic mass is 35.5. The molecule has 2 unspecified atom stereocenters. The average molecular weight is 320 g/mol. The molecule has 0 aromatic rings. The first-order valence-electron chi connectivity index (χ1n) is 7.58. The van der Waals surface area contributed by atoms with Crippen LogP contribution in [0.25, 0.3) is 0 Å². The van der Waals surface area contributed by atoms with Crippen molar-refractivity contribution in [3.05, 3.63) is 0 Å². The molecule has 1 aliphatic heterocycles. The molecular weight excluding hydrogens is 294 g/mol. The Morgan fingerprint density at radius 3 is 2.57 bits per heavy atom. The molecule has 2 aliphatic rings. The van der Waals surface area contributed by atoms with E-state index in [9.17, 15) is 9.59 Å². The fourth-order valence-corrected chi connectivity index (χ4v) is 3.10. The number of nitrogens with one attached hydrogen (secondary N) is 2. The molecule has 0 spiro atoms. The predicted octanol–water partition coefficient (Wildman–Crippen LogP) is 0.337. The minimum atomic E-state index is -0.456. The lowest BCUT2D eigenvalue weighted by Gasteiger charge is -2.32. The highest BCUT2D eigenvalue weighted by molar-refractivity contribution is 5.85. The highest BCUT2D eigenvalue weighted by Crippen LogP contribution is 2.27. The van der Waals surface area contributed by atoms with Crippen LogP contribution >= 0.6 is 12.4 Å². The molecule has 21 heavy (non-hydrogen) atoms. The molecule has 1 saturated carbocycles. The average Bonchev–Trinajstić information content (AvgIpc) is 2.48. The Hall–Kier alpha value is -0.850. The summed E-state index contributed by atoms with van der Waals surface area (Å²) >= 11 is 0. The number of rotatable bonds is 5. The molecule has 7 heteroatoms. The van der Waals surface area contributed by atoms with E-state index in [1.54, 1.807) is 0 Å². The van der Waals surface area contributed by atoms with Gasteiger partial charge < -0.3 is 21.1 Å². The molecule has 0 aromatic heterocycles. The Bertz CT molecular complexity index is 342. The SMILES string of the molecule is Cl.NC(=O)CC(NC(=O)C1CNCCO1)C1CCCCC1. The maximum absolute atomic E-state index is 12.2. The minimum Gasteiger partial charge on any atom is -0.370 e. The Morgan fingerprint density at radius 2 is 2.00 bits per heavy atom. The first-order chi connectivity index (χ1) is 9.66. The van der Waals surface area contributed by atoms with E-state index >= 15 is 0 Å². The second-order valence-electron chi connectivity index (χ2n) is 5.75. The third kappa shape index (κ3) is 5.80. The van der Waals surface area contributed by atoms with Crippen molar-refractivity contribution in [2.24, 2.45) is 11.7 Å². The number of carbonyl (C=O) groups excluding carboxylic acids is 2. The first-order valence-corrected chi connectivity index (χ1v) is 7.58. The molecule has 0 bridgehead atoms. The van der Waals surface area contributed by atoms with Crippen LogP contribution in [0.5, 0.6) is 0 Å². The normalized spacial score (nSPS) is 24.7. The van der Waals surface area contributed by atoms with Crippen LogP contribution in [0.4, 0.5) is 0 Å². The lowest BCUT2D eigenvalue weighted by molar-refractivity contribution is -0.135.